The normalized spacial score (nSPS) is 11.7. The summed E-state index contributed by atoms with van der Waals surface area (Å²) in [6.45, 7) is 9.55. The number of nitrogens with one attached hydrogen (secondary N) is 1. The summed E-state index contributed by atoms with van der Waals surface area (Å²) in [6, 6.07) is 2.76. The summed E-state index contributed by atoms with van der Waals surface area (Å²) < 4.78 is 5.57. The van der Waals surface area contributed by atoms with Gasteiger partial charge in [-0.15, -0.1) is 0 Å². The minimum absolute atomic E-state index is 0.663. The third kappa shape index (κ3) is 4.46. The SMILES string of the molecule is CCCNCc1occc1CN(C)C(CC)CC. The van der Waals surface area contributed by atoms with Crippen molar-refractivity contribution >= 4 is 0 Å². The van der Waals surface area contributed by atoms with Crippen LogP contribution in [0, 0.1) is 0 Å². The van der Waals surface area contributed by atoms with E-state index in [-0.39, 0.29) is 0 Å². The average Bonchev–Trinajstić information content (AvgIpc) is 2.79. The van der Waals surface area contributed by atoms with Gasteiger partial charge in [0.1, 0.15) is 5.76 Å². The molecule has 0 atom stereocenters. The summed E-state index contributed by atoms with van der Waals surface area (Å²) in [5, 5.41) is 3.40. The molecule has 0 radical (unpaired) electrons. The van der Waals surface area contributed by atoms with E-state index in [1.807, 2.05) is 0 Å². The van der Waals surface area contributed by atoms with E-state index >= 15 is 0 Å². The van der Waals surface area contributed by atoms with E-state index in [4.69, 9.17) is 4.42 Å². The molecule has 0 aliphatic rings. The smallest absolute Gasteiger partial charge is 0.122 e. The molecule has 0 bridgehead atoms. The maximum Gasteiger partial charge on any atom is 0.122 e. The Kier molecular flexibility index (Phi) is 7.06. The van der Waals surface area contributed by atoms with Crippen LogP contribution in [0.4, 0.5) is 0 Å². The minimum atomic E-state index is 0.663. The fourth-order valence-corrected chi connectivity index (χ4v) is 2.35. The largest absolute Gasteiger partial charge is 0.468 e. The second-order valence-corrected chi connectivity index (χ2v) is 4.93. The van der Waals surface area contributed by atoms with Crippen molar-refractivity contribution in [2.24, 2.45) is 0 Å². The van der Waals surface area contributed by atoms with Gasteiger partial charge in [0.05, 0.1) is 12.8 Å². The van der Waals surface area contributed by atoms with Crippen molar-refractivity contribution < 1.29 is 4.42 Å². The van der Waals surface area contributed by atoms with Gasteiger partial charge < -0.3 is 9.73 Å². The van der Waals surface area contributed by atoms with Gasteiger partial charge in [-0.1, -0.05) is 20.8 Å². The van der Waals surface area contributed by atoms with Gasteiger partial charge in [-0.3, -0.25) is 4.90 Å². The molecule has 0 fully saturated rings. The minimum Gasteiger partial charge on any atom is -0.468 e. The molecular formula is C15H28N2O. The highest BCUT2D eigenvalue weighted by molar-refractivity contribution is 5.16. The first kappa shape index (κ1) is 15.3. The lowest BCUT2D eigenvalue weighted by molar-refractivity contribution is 0.220. The molecule has 0 unspecified atom stereocenters. The van der Waals surface area contributed by atoms with E-state index in [1.54, 1.807) is 6.26 Å². The standard InChI is InChI=1S/C15H28N2O/c1-5-9-16-11-15-13(8-10-18-15)12-17(4)14(6-2)7-3/h8,10,14,16H,5-7,9,11-12H2,1-4H3. The monoisotopic (exact) mass is 252 g/mol. The maximum atomic E-state index is 5.57. The Morgan fingerprint density at radius 1 is 1.28 bits per heavy atom. The van der Waals surface area contributed by atoms with Gasteiger partial charge in [0.2, 0.25) is 0 Å². The topological polar surface area (TPSA) is 28.4 Å². The number of nitrogens with zero attached hydrogens (tertiary/aromatic N) is 1. The Hall–Kier alpha value is -0.800. The van der Waals surface area contributed by atoms with Crippen LogP contribution in [0.5, 0.6) is 0 Å². The van der Waals surface area contributed by atoms with E-state index in [0.29, 0.717) is 6.04 Å². The molecule has 0 aromatic carbocycles. The molecule has 0 aliphatic heterocycles. The number of rotatable bonds is 9. The van der Waals surface area contributed by atoms with Crippen molar-refractivity contribution in [2.45, 2.75) is 59.2 Å². The van der Waals surface area contributed by atoms with Gasteiger partial charge in [-0.25, -0.2) is 0 Å². The van der Waals surface area contributed by atoms with Crippen molar-refractivity contribution in [2.75, 3.05) is 13.6 Å². The highest BCUT2D eigenvalue weighted by Gasteiger charge is 2.14. The molecule has 0 aliphatic carbocycles. The first-order valence-electron chi connectivity index (χ1n) is 7.19. The molecule has 0 amide bonds. The van der Waals surface area contributed by atoms with E-state index < -0.39 is 0 Å². The highest BCUT2D eigenvalue weighted by atomic mass is 16.3. The van der Waals surface area contributed by atoms with Crippen molar-refractivity contribution in [3.63, 3.8) is 0 Å². The molecule has 0 saturated heterocycles. The molecule has 18 heavy (non-hydrogen) atoms. The summed E-state index contributed by atoms with van der Waals surface area (Å²) >= 11 is 0. The van der Waals surface area contributed by atoms with Crippen molar-refractivity contribution in [3.8, 4) is 0 Å². The first-order chi connectivity index (χ1) is 8.72. The third-order valence-corrected chi connectivity index (χ3v) is 3.54. The Labute approximate surface area is 112 Å². The van der Waals surface area contributed by atoms with Gasteiger partial charge >= 0.3 is 0 Å². The molecule has 1 rings (SSSR count). The summed E-state index contributed by atoms with van der Waals surface area (Å²) in [4.78, 5) is 2.42. The van der Waals surface area contributed by atoms with Crippen molar-refractivity contribution in [1.29, 1.82) is 0 Å². The Morgan fingerprint density at radius 3 is 2.61 bits per heavy atom. The van der Waals surface area contributed by atoms with Crippen LogP contribution in [0.2, 0.25) is 0 Å². The lowest BCUT2D eigenvalue weighted by atomic mass is 10.1. The molecule has 0 spiro atoms. The number of hydrogen-bond donors (Lipinski definition) is 1. The number of hydrogen-bond acceptors (Lipinski definition) is 3. The second-order valence-electron chi connectivity index (χ2n) is 4.93. The molecule has 1 aromatic heterocycles. The summed E-state index contributed by atoms with van der Waals surface area (Å²) in [7, 11) is 2.20. The lowest BCUT2D eigenvalue weighted by Gasteiger charge is -2.25. The van der Waals surface area contributed by atoms with E-state index in [0.717, 1.165) is 31.8 Å². The van der Waals surface area contributed by atoms with Crippen LogP contribution >= 0.6 is 0 Å². The maximum absolute atomic E-state index is 5.57. The zero-order valence-electron chi connectivity index (χ0n) is 12.3. The van der Waals surface area contributed by atoms with Gasteiger partial charge in [-0.05, 0) is 38.9 Å². The van der Waals surface area contributed by atoms with Gasteiger partial charge in [-0.2, -0.15) is 0 Å². The highest BCUT2D eigenvalue weighted by Crippen LogP contribution is 2.16. The zero-order chi connectivity index (χ0) is 13.4. The van der Waals surface area contributed by atoms with Gasteiger partial charge in [0.15, 0.2) is 0 Å². The van der Waals surface area contributed by atoms with E-state index in [1.165, 1.54) is 18.4 Å². The predicted molar refractivity (Wildman–Crippen MR) is 76.5 cm³/mol. The van der Waals surface area contributed by atoms with Crippen LogP contribution < -0.4 is 5.32 Å². The molecule has 104 valence electrons. The second kappa shape index (κ2) is 8.33. The van der Waals surface area contributed by atoms with Crippen LogP contribution in [0.1, 0.15) is 51.4 Å². The summed E-state index contributed by atoms with van der Waals surface area (Å²) in [5.41, 5.74) is 1.31. The molecule has 3 heteroatoms. The van der Waals surface area contributed by atoms with Crippen LogP contribution in [0.15, 0.2) is 16.7 Å². The average molecular weight is 252 g/mol. The molecule has 1 heterocycles. The Morgan fingerprint density at radius 2 is 2.00 bits per heavy atom. The Balaban J connectivity index is 2.53. The van der Waals surface area contributed by atoms with Crippen molar-refractivity contribution in [1.82, 2.24) is 10.2 Å². The summed E-state index contributed by atoms with van der Waals surface area (Å²) in [5.74, 6) is 1.08. The van der Waals surface area contributed by atoms with Crippen LogP contribution in [-0.2, 0) is 13.1 Å². The summed E-state index contributed by atoms with van der Waals surface area (Å²) in [6.07, 6.45) is 5.37. The zero-order valence-corrected chi connectivity index (χ0v) is 12.3. The fraction of sp³-hybridized carbons (Fsp3) is 0.733. The van der Waals surface area contributed by atoms with E-state index in [2.05, 4.69) is 44.1 Å². The molecule has 3 nitrogen and oxygen atoms in total. The van der Waals surface area contributed by atoms with Gasteiger partial charge in [0, 0.05) is 18.2 Å². The first-order valence-corrected chi connectivity index (χ1v) is 7.19. The van der Waals surface area contributed by atoms with E-state index in [9.17, 15) is 0 Å². The molecule has 0 saturated carbocycles. The van der Waals surface area contributed by atoms with Crippen molar-refractivity contribution in [3.05, 3.63) is 23.7 Å². The van der Waals surface area contributed by atoms with Crippen LogP contribution in [0.3, 0.4) is 0 Å². The fourth-order valence-electron chi connectivity index (χ4n) is 2.35. The molecule has 1 N–H and O–H groups in total. The third-order valence-electron chi connectivity index (χ3n) is 3.54. The van der Waals surface area contributed by atoms with Crippen LogP contribution in [0.25, 0.3) is 0 Å². The molecular weight excluding hydrogens is 224 g/mol. The quantitative estimate of drug-likeness (QED) is 0.683. The number of furan rings is 1. The van der Waals surface area contributed by atoms with Gasteiger partial charge in [0.25, 0.3) is 0 Å². The molecule has 1 aromatic rings. The predicted octanol–water partition coefficient (Wildman–Crippen LogP) is 3.40. The lowest BCUT2D eigenvalue weighted by Crippen LogP contribution is -2.30. The Bertz CT molecular complexity index is 318. The van der Waals surface area contributed by atoms with Crippen LogP contribution in [-0.4, -0.2) is 24.5 Å².